The van der Waals surface area contributed by atoms with E-state index < -0.39 is 0 Å². The number of hydrogen-bond donors (Lipinski definition) is 1. The molecule has 1 aliphatic rings. The Labute approximate surface area is 153 Å². The topological polar surface area (TPSA) is 97.0 Å². The van der Waals surface area contributed by atoms with Crippen molar-refractivity contribution >= 4 is 22.4 Å². The van der Waals surface area contributed by atoms with Gasteiger partial charge in [0.2, 0.25) is 5.56 Å². The highest BCUT2D eigenvalue weighted by atomic mass is 16.5. The Morgan fingerprint density at radius 2 is 2.00 bits per heavy atom. The standard InChI is InChI=1S/C20H15N5O2/c26-19-8-6-14-16(21-11-22-20(14)24-19)7-5-13-10-18(25-27-13)17-9-12-3-1-2-4-15(12)23-17/h1-4,6,8,10-11H,5,7,9H2,(H,21,22,24,26). The second kappa shape index (κ2) is 6.28. The molecule has 1 N–H and O–H groups in total. The fraction of sp³-hybridized carbons (Fsp3) is 0.150. The monoisotopic (exact) mass is 357 g/mol. The number of H-pyrrole nitrogens is 1. The molecule has 7 heteroatoms. The fourth-order valence-corrected chi connectivity index (χ4v) is 3.31. The van der Waals surface area contributed by atoms with E-state index in [1.807, 2.05) is 24.3 Å². The Bertz CT molecular complexity index is 1240. The van der Waals surface area contributed by atoms with Crippen molar-refractivity contribution in [3.05, 3.63) is 81.9 Å². The predicted molar refractivity (Wildman–Crippen MR) is 100 cm³/mol. The van der Waals surface area contributed by atoms with Gasteiger partial charge in [0.25, 0.3) is 0 Å². The Morgan fingerprint density at radius 3 is 2.93 bits per heavy atom. The summed E-state index contributed by atoms with van der Waals surface area (Å²) in [5.41, 5.74) is 5.14. The summed E-state index contributed by atoms with van der Waals surface area (Å²) in [4.78, 5) is 27.3. The van der Waals surface area contributed by atoms with E-state index in [-0.39, 0.29) is 5.56 Å². The lowest BCUT2D eigenvalue weighted by Crippen LogP contribution is -2.06. The molecule has 0 unspecified atom stereocenters. The number of fused-ring (bicyclic) bond motifs is 2. The zero-order valence-electron chi connectivity index (χ0n) is 14.3. The van der Waals surface area contributed by atoms with Crippen LogP contribution in [-0.2, 0) is 19.3 Å². The van der Waals surface area contributed by atoms with Gasteiger partial charge in [0.05, 0.1) is 17.1 Å². The normalized spacial score (nSPS) is 13.0. The molecular formula is C20H15N5O2. The summed E-state index contributed by atoms with van der Waals surface area (Å²) in [6.07, 6.45) is 3.54. The van der Waals surface area contributed by atoms with Gasteiger partial charge in [-0.2, -0.15) is 0 Å². The van der Waals surface area contributed by atoms with E-state index in [9.17, 15) is 4.79 Å². The first-order chi connectivity index (χ1) is 13.3. The highest BCUT2D eigenvalue weighted by molar-refractivity contribution is 6.05. The minimum absolute atomic E-state index is 0.176. The van der Waals surface area contributed by atoms with Crippen molar-refractivity contribution in [1.82, 2.24) is 20.1 Å². The summed E-state index contributed by atoms with van der Waals surface area (Å²) in [7, 11) is 0. The first kappa shape index (κ1) is 15.6. The molecule has 0 aliphatic carbocycles. The van der Waals surface area contributed by atoms with Crippen LogP contribution in [-0.4, -0.2) is 25.8 Å². The van der Waals surface area contributed by atoms with Gasteiger partial charge in [-0.3, -0.25) is 9.79 Å². The van der Waals surface area contributed by atoms with Crippen LogP contribution in [0.1, 0.15) is 22.7 Å². The van der Waals surface area contributed by atoms with Gasteiger partial charge in [0.1, 0.15) is 23.4 Å². The first-order valence-electron chi connectivity index (χ1n) is 8.70. The van der Waals surface area contributed by atoms with Crippen LogP contribution >= 0.6 is 0 Å². The Hall–Kier alpha value is -3.61. The highest BCUT2D eigenvalue weighted by Gasteiger charge is 2.19. The molecule has 0 saturated carbocycles. The number of hydrogen-bond acceptors (Lipinski definition) is 6. The third kappa shape index (κ3) is 2.93. The largest absolute Gasteiger partial charge is 0.361 e. The summed E-state index contributed by atoms with van der Waals surface area (Å²) in [5, 5.41) is 5.02. The van der Waals surface area contributed by atoms with Gasteiger partial charge in [0, 0.05) is 30.4 Å². The van der Waals surface area contributed by atoms with Crippen LogP contribution < -0.4 is 5.56 Å². The number of aromatic nitrogens is 4. The Kier molecular flexibility index (Phi) is 3.64. The summed E-state index contributed by atoms with van der Waals surface area (Å²) < 4.78 is 5.50. The van der Waals surface area contributed by atoms with E-state index in [4.69, 9.17) is 4.52 Å². The van der Waals surface area contributed by atoms with E-state index in [1.54, 1.807) is 6.07 Å². The van der Waals surface area contributed by atoms with Crippen molar-refractivity contribution in [2.45, 2.75) is 19.3 Å². The van der Waals surface area contributed by atoms with Crippen molar-refractivity contribution in [1.29, 1.82) is 0 Å². The van der Waals surface area contributed by atoms with Crippen LogP contribution in [0.5, 0.6) is 0 Å². The van der Waals surface area contributed by atoms with Crippen LogP contribution in [0, 0.1) is 0 Å². The Morgan fingerprint density at radius 1 is 1.07 bits per heavy atom. The van der Waals surface area contributed by atoms with Gasteiger partial charge in [-0.15, -0.1) is 0 Å². The Balaban J connectivity index is 1.35. The van der Waals surface area contributed by atoms with Crippen molar-refractivity contribution in [3.8, 4) is 0 Å². The average Bonchev–Trinajstić information content (AvgIpc) is 3.32. The maximum atomic E-state index is 11.4. The lowest BCUT2D eigenvalue weighted by Gasteiger charge is -2.02. The highest BCUT2D eigenvalue weighted by Crippen LogP contribution is 2.28. The van der Waals surface area contributed by atoms with Crippen molar-refractivity contribution in [2.24, 2.45) is 4.99 Å². The summed E-state index contributed by atoms with van der Waals surface area (Å²) in [5.74, 6) is 0.778. The molecule has 4 heterocycles. The number of nitrogens with one attached hydrogen (secondary N) is 1. The molecule has 0 amide bonds. The molecule has 132 valence electrons. The zero-order chi connectivity index (χ0) is 18.2. The lowest BCUT2D eigenvalue weighted by molar-refractivity contribution is 0.382. The average molecular weight is 357 g/mol. The molecule has 7 nitrogen and oxygen atoms in total. The van der Waals surface area contributed by atoms with Gasteiger partial charge in [-0.1, -0.05) is 23.4 Å². The van der Waals surface area contributed by atoms with Gasteiger partial charge < -0.3 is 9.51 Å². The minimum Gasteiger partial charge on any atom is -0.361 e. The molecule has 0 radical (unpaired) electrons. The van der Waals surface area contributed by atoms with E-state index in [1.165, 1.54) is 18.0 Å². The number of aryl methyl sites for hydroxylation is 2. The summed E-state index contributed by atoms with van der Waals surface area (Å²) >= 11 is 0. The molecule has 5 rings (SSSR count). The van der Waals surface area contributed by atoms with Crippen LogP contribution in [0.25, 0.3) is 11.0 Å². The van der Waals surface area contributed by atoms with E-state index >= 15 is 0 Å². The second-order valence-corrected chi connectivity index (χ2v) is 6.45. The van der Waals surface area contributed by atoms with Gasteiger partial charge in [-0.25, -0.2) is 9.97 Å². The van der Waals surface area contributed by atoms with Gasteiger partial charge >= 0.3 is 0 Å². The molecule has 0 bridgehead atoms. The third-order valence-corrected chi connectivity index (χ3v) is 4.68. The predicted octanol–water partition coefficient (Wildman–Crippen LogP) is 2.77. The van der Waals surface area contributed by atoms with Crippen molar-refractivity contribution in [3.63, 3.8) is 0 Å². The van der Waals surface area contributed by atoms with Crippen LogP contribution in [0.3, 0.4) is 0 Å². The number of benzene rings is 1. The van der Waals surface area contributed by atoms with Crippen LogP contribution in [0.2, 0.25) is 0 Å². The molecule has 4 aromatic rings. The van der Waals surface area contributed by atoms with E-state index in [2.05, 4.69) is 31.2 Å². The number of aliphatic imine (C=N–C) groups is 1. The molecule has 0 atom stereocenters. The van der Waals surface area contributed by atoms with Crippen molar-refractivity contribution < 1.29 is 4.52 Å². The maximum Gasteiger partial charge on any atom is 0.249 e. The molecule has 0 fully saturated rings. The van der Waals surface area contributed by atoms with Crippen molar-refractivity contribution in [2.75, 3.05) is 0 Å². The minimum atomic E-state index is -0.176. The fourth-order valence-electron chi connectivity index (χ4n) is 3.31. The van der Waals surface area contributed by atoms with E-state index in [0.29, 0.717) is 18.5 Å². The number of rotatable bonds is 4. The smallest absolute Gasteiger partial charge is 0.249 e. The number of pyridine rings is 1. The second-order valence-electron chi connectivity index (χ2n) is 6.45. The molecule has 1 aromatic carbocycles. The summed E-state index contributed by atoms with van der Waals surface area (Å²) in [6.45, 7) is 0. The van der Waals surface area contributed by atoms with Crippen LogP contribution in [0.15, 0.2) is 63.1 Å². The first-order valence-corrected chi connectivity index (χ1v) is 8.70. The SMILES string of the molecule is O=c1ccc2c(CCc3cc(C4=Nc5ccccc5C4)no3)ncnc2[nH]1. The number of nitrogens with zero attached hydrogens (tertiary/aromatic N) is 4. The molecule has 0 spiro atoms. The van der Waals surface area contributed by atoms with Crippen LogP contribution in [0.4, 0.5) is 5.69 Å². The number of aromatic amines is 1. The molecule has 1 aliphatic heterocycles. The zero-order valence-corrected chi connectivity index (χ0v) is 14.3. The summed E-state index contributed by atoms with van der Waals surface area (Å²) in [6, 6.07) is 13.3. The van der Waals surface area contributed by atoms with E-state index in [0.717, 1.165) is 40.4 Å². The molecule has 3 aromatic heterocycles. The van der Waals surface area contributed by atoms with Gasteiger partial charge in [0.15, 0.2) is 0 Å². The number of para-hydroxylation sites is 1. The maximum absolute atomic E-state index is 11.4. The third-order valence-electron chi connectivity index (χ3n) is 4.68. The lowest BCUT2D eigenvalue weighted by atomic mass is 10.1. The molecule has 27 heavy (non-hydrogen) atoms. The molecule has 0 saturated heterocycles. The van der Waals surface area contributed by atoms with Gasteiger partial charge in [-0.05, 0) is 24.1 Å². The molecular weight excluding hydrogens is 342 g/mol. The quantitative estimate of drug-likeness (QED) is 0.606.